The van der Waals surface area contributed by atoms with Crippen LogP contribution in [0.25, 0.3) is 0 Å². The summed E-state index contributed by atoms with van der Waals surface area (Å²) in [6.07, 6.45) is 2.78. The Morgan fingerprint density at radius 2 is 1.90 bits per heavy atom. The standard InChI is InChI=1S/C21H24N4O3S/c1-16-8-9-19(29(27,28)25-10-3-2-4-11-25)13-20(16)24-21(26)15-23-18-7-5-6-17(12-18)14-22/h5-9,12-13,23H,2-4,10-11,15H2,1H3,(H,24,26). The Hall–Kier alpha value is -2.89. The van der Waals surface area contributed by atoms with E-state index < -0.39 is 10.0 Å². The zero-order valence-electron chi connectivity index (χ0n) is 16.3. The lowest BCUT2D eigenvalue weighted by atomic mass is 10.2. The molecule has 0 atom stereocenters. The molecule has 8 heteroatoms. The molecular weight excluding hydrogens is 388 g/mol. The van der Waals surface area contributed by atoms with Crippen molar-refractivity contribution in [2.45, 2.75) is 31.1 Å². The fourth-order valence-corrected chi connectivity index (χ4v) is 4.77. The summed E-state index contributed by atoms with van der Waals surface area (Å²) in [5.74, 6) is -0.303. The average Bonchev–Trinajstić information content (AvgIpc) is 2.74. The Morgan fingerprint density at radius 3 is 2.62 bits per heavy atom. The summed E-state index contributed by atoms with van der Waals surface area (Å²) in [4.78, 5) is 12.5. The molecule has 29 heavy (non-hydrogen) atoms. The number of sulfonamides is 1. The second-order valence-electron chi connectivity index (χ2n) is 7.04. The van der Waals surface area contributed by atoms with Crippen LogP contribution in [0.15, 0.2) is 47.4 Å². The third kappa shape index (κ3) is 5.13. The molecule has 3 rings (SSSR count). The van der Waals surface area contributed by atoms with Crippen molar-refractivity contribution in [3.8, 4) is 6.07 Å². The highest BCUT2D eigenvalue weighted by Gasteiger charge is 2.26. The molecule has 1 aliphatic rings. The van der Waals surface area contributed by atoms with E-state index in [-0.39, 0.29) is 17.3 Å². The first-order valence-corrected chi connectivity index (χ1v) is 11.0. The number of amides is 1. The number of hydrogen-bond acceptors (Lipinski definition) is 5. The van der Waals surface area contributed by atoms with Crippen LogP contribution in [0.3, 0.4) is 0 Å². The van der Waals surface area contributed by atoms with E-state index in [1.165, 1.54) is 10.4 Å². The highest BCUT2D eigenvalue weighted by molar-refractivity contribution is 7.89. The van der Waals surface area contributed by atoms with Gasteiger partial charge in [-0.3, -0.25) is 4.79 Å². The number of nitrogens with one attached hydrogen (secondary N) is 2. The van der Waals surface area contributed by atoms with Gasteiger partial charge in [-0.05, 0) is 55.7 Å². The summed E-state index contributed by atoms with van der Waals surface area (Å²) in [5, 5.41) is 14.7. The van der Waals surface area contributed by atoms with Gasteiger partial charge in [-0.25, -0.2) is 8.42 Å². The first-order valence-electron chi connectivity index (χ1n) is 9.55. The molecule has 0 unspecified atom stereocenters. The lowest BCUT2D eigenvalue weighted by Gasteiger charge is -2.26. The maximum Gasteiger partial charge on any atom is 0.243 e. The van der Waals surface area contributed by atoms with Crippen LogP contribution in [0.5, 0.6) is 0 Å². The predicted molar refractivity (Wildman–Crippen MR) is 112 cm³/mol. The zero-order valence-corrected chi connectivity index (χ0v) is 17.1. The van der Waals surface area contributed by atoms with Crippen LogP contribution in [0.1, 0.15) is 30.4 Å². The first-order chi connectivity index (χ1) is 13.9. The summed E-state index contributed by atoms with van der Waals surface area (Å²) in [7, 11) is -3.56. The van der Waals surface area contributed by atoms with Crippen LogP contribution in [-0.2, 0) is 14.8 Å². The van der Waals surface area contributed by atoms with Crippen LogP contribution in [-0.4, -0.2) is 38.3 Å². The largest absolute Gasteiger partial charge is 0.376 e. The second kappa shape index (κ2) is 9.07. The predicted octanol–water partition coefficient (Wildman–Crippen LogP) is 3.09. The van der Waals surface area contributed by atoms with E-state index in [1.54, 1.807) is 36.4 Å². The molecule has 0 bridgehead atoms. The molecule has 0 spiro atoms. The SMILES string of the molecule is Cc1ccc(S(=O)(=O)N2CCCCC2)cc1NC(=O)CNc1cccc(C#N)c1. The smallest absolute Gasteiger partial charge is 0.243 e. The van der Waals surface area contributed by atoms with Crippen molar-refractivity contribution >= 4 is 27.3 Å². The van der Waals surface area contributed by atoms with Crippen LogP contribution < -0.4 is 10.6 Å². The van der Waals surface area contributed by atoms with Crippen molar-refractivity contribution in [3.05, 3.63) is 53.6 Å². The van der Waals surface area contributed by atoms with Crippen molar-refractivity contribution in [2.24, 2.45) is 0 Å². The van der Waals surface area contributed by atoms with Gasteiger partial charge in [0.1, 0.15) is 0 Å². The van der Waals surface area contributed by atoms with Gasteiger partial charge < -0.3 is 10.6 Å². The van der Waals surface area contributed by atoms with Gasteiger partial charge in [0.15, 0.2) is 0 Å². The van der Waals surface area contributed by atoms with E-state index in [0.29, 0.717) is 30.0 Å². The zero-order chi connectivity index (χ0) is 20.9. The summed E-state index contributed by atoms with van der Waals surface area (Å²) in [5.41, 5.74) is 2.42. The van der Waals surface area contributed by atoms with E-state index in [1.807, 2.05) is 13.0 Å². The van der Waals surface area contributed by atoms with Crippen LogP contribution in [0, 0.1) is 18.3 Å². The highest BCUT2D eigenvalue weighted by Crippen LogP contribution is 2.25. The topological polar surface area (TPSA) is 102 Å². The van der Waals surface area contributed by atoms with Gasteiger partial charge in [-0.1, -0.05) is 18.6 Å². The summed E-state index contributed by atoms with van der Waals surface area (Å²) < 4.78 is 27.3. The van der Waals surface area contributed by atoms with Crippen molar-refractivity contribution < 1.29 is 13.2 Å². The second-order valence-corrected chi connectivity index (χ2v) is 8.97. The molecule has 1 saturated heterocycles. The molecule has 0 saturated carbocycles. The number of carbonyl (C=O) groups excluding carboxylic acids is 1. The number of hydrogen-bond donors (Lipinski definition) is 2. The van der Waals surface area contributed by atoms with Crippen molar-refractivity contribution in [1.29, 1.82) is 5.26 Å². The number of nitrogens with zero attached hydrogens (tertiary/aromatic N) is 2. The summed E-state index contributed by atoms with van der Waals surface area (Å²) >= 11 is 0. The number of benzene rings is 2. The highest BCUT2D eigenvalue weighted by atomic mass is 32.2. The minimum absolute atomic E-state index is 0.00256. The van der Waals surface area contributed by atoms with Gasteiger partial charge in [0, 0.05) is 24.5 Å². The van der Waals surface area contributed by atoms with Crippen molar-refractivity contribution in [1.82, 2.24) is 4.31 Å². The molecule has 2 aromatic carbocycles. The Balaban J connectivity index is 1.69. The number of nitriles is 1. The number of carbonyl (C=O) groups is 1. The molecule has 2 N–H and O–H groups in total. The molecule has 1 amide bonds. The summed E-state index contributed by atoms with van der Waals surface area (Å²) in [6.45, 7) is 2.88. The Kier molecular flexibility index (Phi) is 6.52. The third-order valence-corrected chi connectivity index (χ3v) is 6.78. The Bertz CT molecular complexity index is 1040. The van der Waals surface area contributed by atoms with E-state index in [9.17, 15) is 13.2 Å². The monoisotopic (exact) mass is 412 g/mol. The van der Waals surface area contributed by atoms with E-state index in [4.69, 9.17) is 5.26 Å². The van der Waals surface area contributed by atoms with Crippen molar-refractivity contribution in [3.63, 3.8) is 0 Å². The number of rotatable bonds is 6. The van der Waals surface area contributed by atoms with Gasteiger partial charge >= 0.3 is 0 Å². The Labute approximate surface area is 171 Å². The molecule has 1 fully saturated rings. The van der Waals surface area contributed by atoms with Gasteiger partial charge in [0.25, 0.3) is 0 Å². The maximum absolute atomic E-state index is 12.9. The average molecular weight is 413 g/mol. The minimum Gasteiger partial charge on any atom is -0.376 e. The van der Waals surface area contributed by atoms with Crippen molar-refractivity contribution in [2.75, 3.05) is 30.3 Å². The molecule has 152 valence electrons. The quantitative estimate of drug-likeness (QED) is 0.759. The minimum atomic E-state index is -3.56. The Morgan fingerprint density at radius 1 is 1.14 bits per heavy atom. The van der Waals surface area contributed by atoms with E-state index in [0.717, 1.165) is 24.8 Å². The molecule has 1 heterocycles. The van der Waals surface area contributed by atoms with Crippen LogP contribution in [0.2, 0.25) is 0 Å². The number of anilines is 2. The molecule has 0 aliphatic carbocycles. The normalized spacial score (nSPS) is 14.8. The fourth-order valence-electron chi connectivity index (χ4n) is 3.23. The van der Waals surface area contributed by atoms with Gasteiger partial charge in [0.05, 0.1) is 23.1 Å². The fraction of sp³-hybridized carbons (Fsp3) is 0.333. The lowest BCUT2D eigenvalue weighted by molar-refractivity contribution is -0.114. The van der Waals surface area contributed by atoms with E-state index >= 15 is 0 Å². The van der Waals surface area contributed by atoms with Gasteiger partial charge in [-0.15, -0.1) is 0 Å². The molecular formula is C21H24N4O3S. The van der Waals surface area contributed by atoms with Crippen LogP contribution in [0.4, 0.5) is 11.4 Å². The van der Waals surface area contributed by atoms with Gasteiger partial charge in [0.2, 0.25) is 15.9 Å². The molecule has 0 radical (unpaired) electrons. The maximum atomic E-state index is 12.9. The van der Waals surface area contributed by atoms with E-state index in [2.05, 4.69) is 10.6 Å². The third-order valence-electron chi connectivity index (χ3n) is 4.88. The molecule has 0 aromatic heterocycles. The summed E-state index contributed by atoms with van der Waals surface area (Å²) in [6, 6.07) is 13.7. The lowest BCUT2D eigenvalue weighted by Crippen LogP contribution is -2.35. The van der Waals surface area contributed by atoms with Gasteiger partial charge in [-0.2, -0.15) is 9.57 Å². The first kappa shape index (κ1) is 20.8. The number of aryl methyl sites for hydroxylation is 1. The molecule has 1 aliphatic heterocycles. The van der Waals surface area contributed by atoms with Crippen LogP contribution >= 0.6 is 0 Å². The number of piperidine rings is 1. The molecule has 7 nitrogen and oxygen atoms in total. The molecule has 2 aromatic rings.